The molecule has 3 aromatic heterocycles. The maximum atomic E-state index is 13.0. The van der Waals surface area contributed by atoms with Crippen molar-refractivity contribution in [2.75, 3.05) is 14.1 Å². The predicted octanol–water partition coefficient (Wildman–Crippen LogP) is 4.21. The number of aromatic nitrogens is 4. The zero-order valence-electron chi connectivity index (χ0n) is 17.7. The average molecular weight is 463 g/mol. The molecule has 0 unspecified atom stereocenters. The Hall–Kier alpha value is -3.18. The molecule has 1 N–H and O–H groups in total. The predicted molar refractivity (Wildman–Crippen MR) is 114 cm³/mol. The standard InChI is InChI=1S/C21H20F3N5O2S/c1-12-9-13(32(30,31)28(2)3)5-6-14(12)17-10-18-15(25-17)7-8-16(26-18)19-11-20(21(22,23)24)27-29(19)4/h5-11,25H,1-4H3. The van der Waals surface area contributed by atoms with Crippen LogP contribution in [-0.4, -0.2) is 46.6 Å². The van der Waals surface area contributed by atoms with Crippen molar-refractivity contribution in [2.24, 2.45) is 7.05 Å². The molecule has 0 amide bonds. The number of aryl methyl sites for hydroxylation is 2. The summed E-state index contributed by atoms with van der Waals surface area (Å²) in [4.78, 5) is 7.92. The number of halogens is 3. The third-order valence-electron chi connectivity index (χ3n) is 5.17. The van der Waals surface area contributed by atoms with Crippen LogP contribution in [0.5, 0.6) is 0 Å². The van der Waals surface area contributed by atoms with Gasteiger partial charge in [0.05, 0.1) is 27.3 Å². The molecule has 168 valence electrons. The molecular weight excluding hydrogens is 443 g/mol. The van der Waals surface area contributed by atoms with E-state index in [1.807, 2.05) is 6.92 Å². The molecule has 0 saturated carbocycles. The van der Waals surface area contributed by atoms with Gasteiger partial charge in [-0.3, -0.25) is 4.68 Å². The summed E-state index contributed by atoms with van der Waals surface area (Å²) in [5, 5.41) is 3.53. The van der Waals surface area contributed by atoms with Gasteiger partial charge in [-0.1, -0.05) is 6.07 Å². The van der Waals surface area contributed by atoms with Gasteiger partial charge in [0, 0.05) is 32.4 Å². The maximum absolute atomic E-state index is 13.0. The number of sulfonamides is 1. The van der Waals surface area contributed by atoms with Crippen LogP contribution in [-0.2, 0) is 23.2 Å². The zero-order valence-corrected chi connectivity index (χ0v) is 18.5. The summed E-state index contributed by atoms with van der Waals surface area (Å²) in [6, 6.07) is 11.0. The van der Waals surface area contributed by atoms with E-state index >= 15 is 0 Å². The molecule has 11 heteroatoms. The molecule has 0 radical (unpaired) electrons. The second kappa shape index (κ2) is 7.45. The molecule has 0 aliphatic carbocycles. The van der Waals surface area contributed by atoms with Crippen LogP contribution in [0, 0.1) is 6.92 Å². The normalized spacial score (nSPS) is 12.8. The molecule has 0 saturated heterocycles. The summed E-state index contributed by atoms with van der Waals surface area (Å²) in [6.45, 7) is 1.81. The number of hydrogen-bond acceptors (Lipinski definition) is 4. The maximum Gasteiger partial charge on any atom is 0.435 e. The Morgan fingerprint density at radius 2 is 1.78 bits per heavy atom. The number of benzene rings is 1. The molecule has 4 rings (SSSR count). The molecule has 0 atom stereocenters. The Bertz CT molecular complexity index is 1440. The van der Waals surface area contributed by atoms with Crippen LogP contribution >= 0.6 is 0 Å². The number of rotatable bonds is 4. The van der Waals surface area contributed by atoms with E-state index in [1.54, 1.807) is 30.3 Å². The minimum atomic E-state index is -4.54. The van der Waals surface area contributed by atoms with Gasteiger partial charge in [0.25, 0.3) is 0 Å². The van der Waals surface area contributed by atoms with Gasteiger partial charge < -0.3 is 4.98 Å². The van der Waals surface area contributed by atoms with Gasteiger partial charge in [-0.15, -0.1) is 0 Å². The Morgan fingerprint density at radius 1 is 1.06 bits per heavy atom. The summed E-state index contributed by atoms with van der Waals surface area (Å²) in [5.74, 6) is 0. The van der Waals surface area contributed by atoms with Gasteiger partial charge in [0.2, 0.25) is 10.0 Å². The Kier molecular flexibility index (Phi) is 5.13. The largest absolute Gasteiger partial charge is 0.435 e. The lowest BCUT2D eigenvalue weighted by Gasteiger charge is -2.13. The minimum Gasteiger partial charge on any atom is -0.353 e. The van der Waals surface area contributed by atoms with Gasteiger partial charge in [-0.25, -0.2) is 17.7 Å². The van der Waals surface area contributed by atoms with Crippen LogP contribution in [0.2, 0.25) is 0 Å². The molecule has 0 spiro atoms. The second-order valence-corrected chi connectivity index (χ2v) is 9.76. The smallest absolute Gasteiger partial charge is 0.353 e. The first-order valence-electron chi connectivity index (χ1n) is 9.53. The summed E-state index contributed by atoms with van der Waals surface area (Å²) in [7, 11) is 0.830. The lowest BCUT2D eigenvalue weighted by Crippen LogP contribution is -2.22. The minimum absolute atomic E-state index is 0.192. The Morgan fingerprint density at radius 3 is 2.38 bits per heavy atom. The van der Waals surface area contributed by atoms with Crippen molar-refractivity contribution in [3.63, 3.8) is 0 Å². The summed E-state index contributed by atoms with van der Waals surface area (Å²) >= 11 is 0. The summed E-state index contributed by atoms with van der Waals surface area (Å²) in [6.07, 6.45) is -4.54. The van der Waals surface area contributed by atoms with E-state index in [4.69, 9.17) is 0 Å². The van der Waals surface area contributed by atoms with Crippen molar-refractivity contribution in [3.8, 4) is 22.6 Å². The molecule has 0 aliphatic rings. The number of nitrogens with zero attached hydrogens (tertiary/aromatic N) is 4. The van der Waals surface area contributed by atoms with Gasteiger partial charge in [0.15, 0.2) is 5.69 Å². The van der Waals surface area contributed by atoms with Gasteiger partial charge in [-0.2, -0.15) is 18.3 Å². The average Bonchev–Trinajstić information content (AvgIpc) is 3.30. The number of pyridine rings is 1. The number of hydrogen-bond donors (Lipinski definition) is 1. The number of H-pyrrole nitrogens is 1. The quantitative estimate of drug-likeness (QED) is 0.492. The first-order valence-corrected chi connectivity index (χ1v) is 11.0. The third kappa shape index (κ3) is 3.78. The molecule has 0 aliphatic heterocycles. The fourth-order valence-corrected chi connectivity index (χ4v) is 4.44. The Balaban J connectivity index is 1.74. The molecule has 7 nitrogen and oxygen atoms in total. The van der Waals surface area contributed by atoms with E-state index < -0.39 is 21.9 Å². The van der Waals surface area contributed by atoms with E-state index in [1.165, 1.54) is 27.2 Å². The SMILES string of the molecule is Cc1cc(S(=O)(=O)N(C)C)ccc1-c1cc2nc(-c3cc(C(F)(F)F)nn3C)ccc2[nH]1. The van der Waals surface area contributed by atoms with Gasteiger partial charge >= 0.3 is 6.18 Å². The van der Waals surface area contributed by atoms with E-state index in [9.17, 15) is 21.6 Å². The highest BCUT2D eigenvalue weighted by molar-refractivity contribution is 7.89. The molecule has 1 aromatic carbocycles. The molecule has 4 aromatic rings. The van der Waals surface area contributed by atoms with Crippen LogP contribution in [0.4, 0.5) is 13.2 Å². The van der Waals surface area contributed by atoms with Crippen LogP contribution in [0.25, 0.3) is 33.7 Å². The molecular formula is C21H20F3N5O2S. The topological polar surface area (TPSA) is 83.9 Å². The number of fused-ring (bicyclic) bond motifs is 1. The van der Waals surface area contributed by atoms with Crippen molar-refractivity contribution >= 4 is 21.1 Å². The van der Waals surface area contributed by atoms with E-state index in [2.05, 4.69) is 15.1 Å². The Labute approximate surface area is 182 Å². The van der Waals surface area contributed by atoms with Crippen LogP contribution in [0.15, 0.2) is 47.4 Å². The first-order chi connectivity index (χ1) is 14.9. The van der Waals surface area contributed by atoms with Crippen LogP contribution in [0.3, 0.4) is 0 Å². The number of aromatic amines is 1. The van der Waals surface area contributed by atoms with E-state index in [-0.39, 0.29) is 10.6 Å². The molecule has 32 heavy (non-hydrogen) atoms. The van der Waals surface area contributed by atoms with E-state index in [0.717, 1.165) is 31.9 Å². The fourth-order valence-electron chi connectivity index (χ4n) is 3.45. The lowest BCUT2D eigenvalue weighted by atomic mass is 10.1. The lowest BCUT2D eigenvalue weighted by molar-refractivity contribution is -0.141. The second-order valence-electron chi connectivity index (χ2n) is 7.61. The van der Waals surface area contributed by atoms with Crippen molar-refractivity contribution in [1.82, 2.24) is 24.1 Å². The van der Waals surface area contributed by atoms with Crippen molar-refractivity contribution in [2.45, 2.75) is 18.0 Å². The highest BCUT2D eigenvalue weighted by Crippen LogP contribution is 2.32. The van der Waals surface area contributed by atoms with Crippen molar-refractivity contribution in [3.05, 3.63) is 53.7 Å². The monoisotopic (exact) mass is 463 g/mol. The van der Waals surface area contributed by atoms with Crippen molar-refractivity contribution in [1.29, 1.82) is 0 Å². The molecule has 3 heterocycles. The van der Waals surface area contributed by atoms with Gasteiger partial charge in [-0.05, 0) is 48.9 Å². The summed E-state index contributed by atoms with van der Waals surface area (Å²) < 4.78 is 66.0. The van der Waals surface area contributed by atoms with Gasteiger partial charge in [0.1, 0.15) is 0 Å². The molecule has 0 bridgehead atoms. The fraction of sp³-hybridized carbons (Fsp3) is 0.238. The summed E-state index contributed by atoms with van der Waals surface area (Å²) in [5.41, 5.74) is 3.16. The number of nitrogens with one attached hydrogen (secondary N) is 1. The third-order valence-corrected chi connectivity index (χ3v) is 6.99. The zero-order chi connectivity index (χ0) is 23.4. The first kappa shape index (κ1) is 22.0. The molecule has 0 fully saturated rings. The van der Waals surface area contributed by atoms with E-state index in [0.29, 0.717) is 16.7 Å². The van der Waals surface area contributed by atoms with Crippen LogP contribution < -0.4 is 0 Å². The van der Waals surface area contributed by atoms with Crippen LogP contribution in [0.1, 0.15) is 11.3 Å². The number of alkyl halides is 3. The highest BCUT2D eigenvalue weighted by atomic mass is 32.2. The van der Waals surface area contributed by atoms with Crippen molar-refractivity contribution < 1.29 is 21.6 Å². The highest BCUT2D eigenvalue weighted by Gasteiger charge is 2.34.